The molecular formula is C22H25NO2S. The van der Waals surface area contributed by atoms with Gasteiger partial charge in [-0.3, -0.25) is 0 Å². The maximum absolute atomic E-state index is 13.7. The van der Waals surface area contributed by atoms with E-state index in [1.807, 2.05) is 49.4 Å². The summed E-state index contributed by atoms with van der Waals surface area (Å²) in [5, 5.41) is 0.557. The number of aromatic amines is 1. The molecule has 1 unspecified atom stereocenters. The van der Waals surface area contributed by atoms with Crippen molar-refractivity contribution in [3.8, 4) is 0 Å². The predicted octanol–water partition coefficient (Wildman–Crippen LogP) is 5.57. The Morgan fingerprint density at radius 1 is 0.923 bits per heavy atom. The maximum atomic E-state index is 13.7. The molecule has 1 saturated carbocycles. The molecule has 0 bridgehead atoms. The van der Waals surface area contributed by atoms with Crippen molar-refractivity contribution in [3.05, 3.63) is 65.9 Å². The molecule has 1 N–H and O–H groups in total. The number of hydrogen-bond donors (Lipinski definition) is 1. The van der Waals surface area contributed by atoms with Crippen molar-refractivity contribution in [1.82, 2.24) is 4.98 Å². The van der Waals surface area contributed by atoms with Gasteiger partial charge in [0.05, 0.1) is 10.1 Å². The van der Waals surface area contributed by atoms with Crippen LogP contribution in [0.15, 0.2) is 59.5 Å². The highest BCUT2D eigenvalue weighted by atomic mass is 32.2. The molecule has 1 aromatic heterocycles. The van der Waals surface area contributed by atoms with Crippen molar-refractivity contribution in [2.24, 2.45) is 5.92 Å². The number of hydrogen-bond acceptors (Lipinski definition) is 2. The first kappa shape index (κ1) is 17.3. The lowest BCUT2D eigenvalue weighted by molar-refractivity contribution is 0.343. The Bertz CT molecular complexity index is 999. The van der Waals surface area contributed by atoms with Gasteiger partial charge < -0.3 is 4.98 Å². The molecule has 1 fully saturated rings. The van der Waals surface area contributed by atoms with Crippen molar-refractivity contribution in [1.29, 1.82) is 0 Å². The highest BCUT2D eigenvalue weighted by molar-refractivity contribution is 7.91. The van der Waals surface area contributed by atoms with Crippen molar-refractivity contribution >= 4 is 20.7 Å². The van der Waals surface area contributed by atoms with Gasteiger partial charge in [-0.1, -0.05) is 55.7 Å². The first-order chi connectivity index (χ1) is 12.6. The number of para-hydroxylation sites is 1. The van der Waals surface area contributed by atoms with Crippen LogP contribution in [0.25, 0.3) is 10.9 Å². The van der Waals surface area contributed by atoms with Crippen molar-refractivity contribution in [3.63, 3.8) is 0 Å². The zero-order chi connectivity index (χ0) is 18.1. The molecule has 26 heavy (non-hydrogen) atoms. The minimum atomic E-state index is -3.46. The summed E-state index contributed by atoms with van der Waals surface area (Å²) in [6.07, 6.45) is 5.41. The van der Waals surface area contributed by atoms with Gasteiger partial charge >= 0.3 is 0 Å². The van der Waals surface area contributed by atoms with Crippen molar-refractivity contribution < 1.29 is 8.42 Å². The van der Waals surface area contributed by atoms with Gasteiger partial charge in [0.15, 0.2) is 9.84 Å². The van der Waals surface area contributed by atoms with E-state index >= 15 is 0 Å². The third kappa shape index (κ3) is 2.96. The molecule has 1 heterocycles. The Hall–Kier alpha value is -2.07. The fourth-order valence-electron chi connectivity index (χ4n) is 4.50. The minimum absolute atomic E-state index is 0.173. The highest BCUT2D eigenvalue weighted by Gasteiger charge is 2.39. The van der Waals surface area contributed by atoms with Crippen LogP contribution in [-0.4, -0.2) is 13.4 Å². The lowest BCUT2D eigenvalue weighted by Gasteiger charge is -2.30. The third-order valence-corrected chi connectivity index (χ3v) is 7.93. The van der Waals surface area contributed by atoms with Crippen LogP contribution in [-0.2, 0) is 9.84 Å². The van der Waals surface area contributed by atoms with E-state index < -0.39 is 15.1 Å². The number of aryl methyl sites for hydroxylation is 1. The van der Waals surface area contributed by atoms with E-state index in [0.29, 0.717) is 4.90 Å². The van der Waals surface area contributed by atoms with Crippen molar-refractivity contribution in [2.75, 3.05) is 0 Å². The molecule has 0 aliphatic heterocycles. The number of benzene rings is 2. The fraction of sp³-hybridized carbons (Fsp3) is 0.364. The fourth-order valence-corrected chi connectivity index (χ4v) is 6.73. The van der Waals surface area contributed by atoms with Gasteiger partial charge in [0.1, 0.15) is 0 Å². The molecule has 4 heteroatoms. The molecule has 0 amide bonds. The molecule has 1 atom stereocenters. The summed E-state index contributed by atoms with van der Waals surface area (Å²) < 4.78 is 27.4. The SMILES string of the molecule is Cc1[nH]c2ccccc2c1C(C1CCCCC1)S(=O)(=O)c1ccccc1. The zero-order valence-corrected chi connectivity index (χ0v) is 15.9. The average molecular weight is 368 g/mol. The van der Waals surface area contributed by atoms with E-state index in [9.17, 15) is 8.42 Å². The van der Waals surface area contributed by atoms with Crippen LogP contribution >= 0.6 is 0 Å². The monoisotopic (exact) mass is 367 g/mol. The average Bonchev–Trinajstić information content (AvgIpc) is 2.99. The summed E-state index contributed by atoms with van der Waals surface area (Å²) >= 11 is 0. The number of H-pyrrole nitrogens is 1. The van der Waals surface area contributed by atoms with Crippen LogP contribution in [0.2, 0.25) is 0 Å². The molecule has 0 saturated heterocycles. The topological polar surface area (TPSA) is 49.9 Å². The number of aromatic nitrogens is 1. The highest BCUT2D eigenvalue weighted by Crippen LogP contribution is 2.45. The number of nitrogens with one attached hydrogen (secondary N) is 1. The minimum Gasteiger partial charge on any atom is -0.358 e. The number of sulfone groups is 1. The molecule has 4 rings (SSSR count). The van der Waals surface area contributed by atoms with Gasteiger partial charge in [-0.2, -0.15) is 0 Å². The summed E-state index contributed by atoms with van der Waals surface area (Å²) in [4.78, 5) is 3.84. The van der Waals surface area contributed by atoms with Crippen LogP contribution in [0.4, 0.5) is 0 Å². The van der Waals surface area contributed by atoms with Crippen LogP contribution in [0.3, 0.4) is 0 Å². The molecule has 1 aliphatic carbocycles. The first-order valence-corrected chi connectivity index (χ1v) is 11.0. The first-order valence-electron chi connectivity index (χ1n) is 9.45. The molecule has 1 aliphatic rings. The quantitative estimate of drug-likeness (QED) is 0.655. The summed E-state index contributed by atoms with van der Waals surface area (Å²) in [6, 6.07) is 17.0. The Labute approximate surface area is 155 Å². The third-order valence-electron chi connectivity index (χ3n) is 5.71. The standard InChI is InChI=1S/C22H25NO2S/c1-16-21(19-14-8-9-15-20(19)23-16)22(17-10-4-2-5-11-17)26(24,25)18-12-6-3-7-13-18/h3,6-9,12-15,17,22-23H,2,4-5,10-11H2,1H3. The van der Waals surface area contributed by atoms with E-state index in [4.69, 9.17) is 0 Å². The second-order valence-corrected chi connectivity index (χ2v) is 9.46. The molecule has 0 radical (unpaired) electrons. The van der Waals surface area contributed by atoms with Gasteiger partial charge in [0.25, 0.3) is 0 Å². The molecule has 136 valence electrons. The number of fused-ring (bicyclic) bond motifs is 1. The summed E-state index contributed by atoms with van der Waals surface area (Å²) in [5.74, 6) is 0.173. The predicted molar refractivity (Wildman–Crippen MR) is 106 cm³/mol. The largest absolute Gasteiger partial charge is 0.358 e. The van der Waals surface area contributed by atoms with Crippen LogP contribution < -0.4 is 0 Å². The summed E-state index contributed by atoms with van der Waals surface area (Å²) in [6.45, 7) is 2.01. The molecule has 0 spiro atoms. The Balaban J connectivity index is 1.93. The lowest BCUT2D eigenvalue weighted by Crippen LogP contribution is -2.25. The summed E-state index contributed by atoms with van der Waals surface area (Å²) in [7, 11) is -3.46. The van der Waals surface area contributed by atoms with Gasteiger partial charge in [0.2, 0.25) is 0 Å². The Kier molecular flexibility index (Phi) is 4.62. The maximum Gasteiger partial charge on any atom is 0.185 e. The second kappa shape index (κ2) is 6.92. The van der Waals surface area contributed by atoms with Crippen LogP contribution in [0, 0.1) is 12.8 Å². The molecular weight excluding hydrogens is 342 g/mol. The van der Waals surface area contributed by atoms with E-state index in [0.717, 1.165) is 47.8 Å². The van der Waals surface area contributed by atoms with E-state index in [1.54, 1.807) is 12.1 Å². The van der Waals surface area contributed by atoms with E-state index in [2.05, 4.69) is 4.98 Å². The van der Waals surface area contributed by atoms with E-state index in [-0.39, 0.29) is 5.92 Å². The molecule has 2 aromatic carbocycles. The van der Waals surface area contributed by atoms with Gasteiger partial charge in [-0.15, -0.1) is 0 Å². The Morgan fingerprint density at radius 2 is 1.58 bits per heavy atom. The summed E-state index contributed by atoms with van der Waals surface area (Å²) in [5.41, 5.74) is 2.96. The normalized spacial score (nSPS) is 17.4. The second-order valence-electron chi connectivity index (χ2n) is 7.39. The lowest BCUT2D eigenvalue weighted by atomic mass is 9.83. The van der Waals surface area contributed by atoms with Crippen LogP contribution in [0.1, 0.15) is 48.6 Å². The zero-order valence-electron chi connectivity index (χ0n) is 15.1. The number of rotatable bonds is 4. The van der Waals surface area contributed by atoms with Gasteiger partial charge in [-0.05, 0) is 49.4 Å². The van der Waals surface area contributed by atoms with E-state index in [1.165, 1.54) is 6.42 Å². The van der Waals surface area contributed by atoms with Gasteiger partial charge in [-0.25, -0.2) is 8.42 Å². The molecule has 3 nitrogen and oxygen atoms in total. The Morgan fingerprint density at radius 3 is 2.31 bits per heavy atom. The van der Waals surface area contributed by atoms with Gasteiger partial charge in [0, 0.05) is 16.6 Å². The van der Waals surface area contributed by atoms with Crippen LogP contribution in [0.5, 0.6) is 0 Å². The van der Waals surface area contributed by atoms with Crippen molar-refractivity contribution in [2.45, 2.75) is 49.2 Å². The molecule has 3 aromatic rings. The smallest absolute Gasteiger partial charge is 0.185 e.